The van der Waals surface area contributed by atoms with Crippen molar-refractivity contribution >= 4 is 0 Å². The highest BCUT2D eigenvalue weighted by Crippen LogP contribution is 2.18. The Labute approximate surface area is 93.9 Å². The second-order valence-corrected chi connectivity index (χ2v) is 5.28. The summed E-state index contributed by atoms with van der Waals surface area (Å²) in [5.74, 6) is 0.745. The standard InChI is InChI=1S/C12H26N2O/c1-10(2)6-7-14(3)9-12(15)8-13-11-4-5-11/h10-13,15H,4-9H2,1-3H3. The van der Waals surface area contributed by atoms with Crippen molar-refractivity contribution in [1.29, 1.82) is 0 Å². The minimum atomic E-state index is -0.220. The Morgan fingerprint density at radius 1 is 1.40 bits per heavy atom. The van der Waals surface area contributed by atoms with E-state index in [2.05, 4.69) is 31.1 Å². The molecule has 0 aromatic heterocycles. The van der Waals surface area contributed by atoms with Crippen molar-refractivity contribution in [1.82, 2.24) is 10.2 Å². The molecule has 1 unspecified atom stereocenters. The van der Waals surface area contributed by atoms with E-state index in [0.29, 0.717) is 6.04 Å². The molecule has 1 saturated carbocycles. The predicted octanol–water partition coefficient (Wildman–Crippen LogP) is 1.08. The van der Waals surface area contributed by atoms with Crippen LogP contribution in [-0.2, 0) is 0 Å². The Kier molecular flexibility index (Phi) is 5.58. The molecule has 1 fully saturated rings. The molecule has 0 aromatic rings. The van der Waals surface area contributed by atoms with Gasteiger partial charge < -0.3 is 15.3 Å². The van der Waals surface area contributed by atoms with Crippen LogP contribution in [0.5, 0.6) is 0 Å². The van der Waals surface area contributed by atoms with Crippen LogP contribution >= 0.6 is 0 Å². The molecule has 2 N–H and O–H groups in total. The molecule has 0 aliphatic heterocycles. The zero-order chi connectivity index (χ0) is 11.3. The maximum absolute atomic E-state index is 9.76. The lowest BCUT2D eigenvalue weighted by molar-refractivity contribution is 0.121. The molecule has 0 saturated heterocycles. The van der Waals surface area contributed by atoms with Gasteiger partial charge in [-0.25, -0.2) is 0 Å². The molecule has 1 atom stereocenters. The first kappa shape index (κ1) is 12.9. The van der Waals surface area contributed by atoms with Gasteiger partial charge in [-0.3, -0.25) is 0 Å². The lowest BCUT2D eigenvalue weighted by atomic mass is 10.1. The average molecular weight is 214 g/mol. The number of likely N-dealkylation sites (N-methyl/N-ethyl adjacent to an activating group) is 1. The number of aliphatic hydroxyl groups excluding tert-OH is 1. The van der Waals surface area contributed by atoms with Crippen molar-refractivity contribution in [3.8, 4) is 0 Å². The molecule has 3 nitrogen and oxygen atoms in total. The second kappa shape index (κ2) is 6.46. The summed E-state index contributed by atoms with van der Waals surface area (Å²) in [5.41, 5.74) is 0. The van der Waals surface area contributed by atoms with Gasteiger partial charge in [-0.1, -0.05) is 13.8 Å². The van der Waals surface area contributed by atoms with E-state index in [9.17, 15) is 5.11 Å². The lowest BCUT2D eigenvalue weighted by Gasteiger charge is -2.21. The van der Waals surface area contributed by atoms with Gasteiger partial charge >= 0.3 is 0 Å². The Morgan fingerprint density at radius 2 is 2.07 bits per heavy atom. The number of hydrogen-bond acceptors (Lipinski definition) is 3. The van der Waals surface area contributed by atoms with Crippen LogP contribution in [0.1, 0.15) is 33.1 Å². The van der Waals surface area contributed by atoms with Crippen molar-refractivity contribution in [2.24, 2.45) is 5.92 Å². The maximum atomic E-state index is 9.76. The van der Waals surface area contributed by atoms with E-state index in [4.69, 9.17) is 0 Å². The highest BCUT2D eigenvalue weighted by molar-refractivity contribution is 4.82. The molecule has 1 aliphatic rings. The van der Waals surface area contributed by atoms with Crippen LogP contribution < -0.4 is 5.32 Å². The summed E-state index contributed by atoms with van der Waals surface area (Å²) in [5, 5.41) is 13.1. The third-order valence-electron chi connectivity index (χ3n) is 2.83. The fraction of sp³-hybridized carbons (Fsp3) is 1.00. The van der Waals surface area contributed by atoms with Gasteiger partial charge in [0.2, 0.25) is 0 Å². The van der Waals surface area contributed by atoms with E-state index in [0.717, 1.165) is 25.6 Å². The molecular weight excluding hydrogens is 188 g/mol. The van der Waals surface area contributed by atoms with E-state index >= 15 is 0 Å². The smallest absolute Gasteiger partial charge is 0.0791 e. The highest BCUT2D eigenvalue weighted by atomic mass is 16.3. The summed E-state index contributed by atoms with van der Waals surface area (Å²) < 4.78 is 0. The average Bonchev–Trinajstić information content (AvgIpc) is 2.95. The van der Waals surface area contributed by atoms with Crippen LogP contribution in [0.2, 0.25) is 0 Å². The third-order valence-corrected chi connectivity index (χ3v) is 2.83. The molecule has 0 aromatic carbocycles. The molecular formula is C12H26N2O. The number of hydrogen-bond donors (Lipinski definition) is 2. The molecule has 1 rings (SSSR count). The number of rotatable bonds is 8. The second-order valence-electron chi connectivity index (χ2n) is 5.28. The number of nitrogens with one attached hydrogen (secondary N) is 1. The summed E-state index contributed by atoms with van der Waals surface area (Å²) in [4.78, 5) is 2.22. The zero-order valence-electron chi connectivity index (χ0n) is 10.4. The van der Waals surface area contributed by atoms with Gasteiger partial charge in [0.1, 0.15) is 0 Å². The summed E-state index contributed by atoms with van der Waals surface area (Å²) >= 11 is 0. The SMILES string of the molecule is CC(C)CCN(C)CC(O)CNC1CC1. The fourth-order valence-electron chi connectivity index (χ4n) is 1.58. The number of aliphatic hydroxyl groups is 1. The van der Waals surface area contributed by atoms with Crippen molar-refractivity contribution in [2.45, 2.75) is 45.3 Å². The minimum absolute atomic E-state index is 0.220. The third kappa shape index (κ3) is 6.88. The van der Waals surface area contributed by atoms with Crippen LogP contribution in [0.3, 0.4) is 0 Å². The normalized spacial score (nSPS) is 18.8. The van der Waals surface area contributed by atoms with E-state index in [1.807, 2.05) is 0 Å². The first-order valence-corrected chi connectivity index (χ1v) is 6.18. The summed E-state index contributed by atoms with van der Waals surface area (Å²) in [7, 11) is 2.09. The Balaban J connectivity index is 1.99. The van der Waals surface area contributed by atoms with Crippen molar-refractivity contribution in [3.63, 3.8) is 0 Å². The first-order valence-electron chi connectivity index (χ1n) is 6.18. The molecule has 0 spiro atoms. The summed E-state index contributed by atoms with van der Waals surface area (Å²) in [6, 6.07) is 0.695. The van der Waals surface area contributed by atoms with Crippen LogP contribution in [0.4, 0.5) is 0 Å². The maximum Gasteiger partial charge on any atom is 0.0791 e. The molecule has 1 aliphatic carbocycles. The van der Waals surface area contributed by atoms with E-state index < -0.39 is 0 Å². The fourth-order valence-corrected chi connectivity index (χ4v) is 1.58. The summed E-state index contributed by atoms with van der Waals surface area (Å²) in [6.07, 6.45) is 3.56. The van der Waals surface area contributed by atoms with Crippen LogP contribution in [0.15, 0.2) is 0 Å². The highest BCUT2D eigenvalue weighted by Gasteiger charge is 2.21. The van der Waals surface area contributed by atoms with Crippen LogP contribution in [-0.4, -0.2) is 48.8 Å². The molecule has 0 amide bonds. The lowest BCUT2D eigenvalue weighted by Crippen LogP contribution is -2.37. The van der Waals surface area contributed by atoms with Gasteiger partial charge in [-0.15, -0.1) is 0 Å². The van der Waals surface area contributed by atoms with Crippen molar-refractivity contribution < 1.29 is 5.11 Å². The molecule has 90 valence electrons. The van der Waals surface area contributed by atoms with E-state index in [1.165, 1.54) is 19.3 Å². The quantitative estimate of drug-likeness (QED) is 0.634. The van der Waals surface area contributed by atoms with Gasteiger partial charge in [0.25, 0.3) is 0 Å². The van der Waals surface area contributed by atoms with E-state index in [1.54, 1.807) is 0 Å². The van der Waals surface area contributed by atoms with Gasteiger partial charge in [0.15, 0.2) is 0 Å². The Morgan fingerprint density at radius 3 is 2.60 bits per heavy atom. The molecule has 0 radical (unpaired) electrons. The van der Waals surface area contributed by atoms with Crippen molar-refractivity contribution in [3.05, 3.63) is 0 Å². The Bertz CT molecular complexity index is 159. The first-order chi connectivity index (χ1) is 7.08. The molecule has 3 heteroatoms. The molecule has 0 heterocycles. The number of nitrogens with zero attached hydrogens (tertiary/aromatic N) is 1. The predicted molar refractivity (Wildman–Crippen MR) is 64.0 cm³/mol. The van der Waals surface area contributed by atoms with Gasteiger partial charge in [0, 0.05) is 19.1 Å². The van der Waals surface area contributed by atoms with Crippen LogP contribution in [0.25, 0.3) is 0 Å². The van der Waals surface area contributed by atoms with Gasteiger partial charge in [-0.2, -0.15) is 0 Å². The van der Waals surface area contributed by atoms with E-state index in [-0.39, 0.29) is 6.10 Å². The van der Waals surface area contributed by atoms with Crippen molar-refractivity contribution in [2.75, 3.05) is 26.7 Å². The van der Waals surface area contributed by atoms with Gasteiger partial charge in [-0.05, 0) is 38.8 Å². The zero-order valence-corrected chi connectivity index (χ0v) is 10.4. The van der Waals surface area contributed by atoms with Crippen LogP contribution in [0, 0.1) is 5.92 Å². The topological polar surface area (TPSA) is 35.5 Å². The molecule has 0 bridgehead atoms. The molecule has 15 heavy (non-hydrogen) atoms. The Hall–Kier alpha value is -0.120. The minimum Gasteiger partial charge on any atom is -0.390 e. The summed E-state index contributed by atoms with van der Waals surface area (Å²) in [6.45, 7) is 7.08. The monoisotopic (exact) mass is 214 g/mol. The largest absolute Gasteiger partial charge is 0.390 e. The van der Waals surface area contributed by atoms with Gasteiger partial charge in [0.05, 0.1) is 6.10 Å².